The minimum atomic E-state index is -4.27. The zero-order chi connectivity index (χ0) is 31.1. The highest BCUT2D eigenvalue weighted by atomic mass is 35.5. The van der Waals surface area contributed by atoms with Crippen LogP contribution in [0.25, 0.3) is 0 Å². The first-order valence-electron chi connectivity index (χ1n) is 14.4. The molecule has 0 aliphatic heterocycles. The lowest BCUT2D eigenvalue weighted by Crippen LogP contribution is -2.54. The van der Waals surface area contributed by atoms with Crippen LogP contribution in [0.1, 0.15) is 56.6 Å². The Labute approximate surface area is 269 Å². The fourth-order valence-corrected chi connectivity index (χ4v) is 7.26. The van der Waals surface area contributed by atoms with E-state index in [2.05, 4.69) is 5.32 Å². The van der Waals surface area contributed by atoms with Crippen LogP contribution < -0.4 is 9.62 Å². The second-order valence-electron chi connectivity index (χ2n) is 10.8. The number of anilines is 1. The van der Waals surface area contributed by atoms with Gasteiger partial charge in [-0.25, -0.2) is 8.42 Å². The smallest absolute Gasteiger partial charge is 0.264 e. The maximum Gasteiger partial charge on any atom is 0.264 e. The van der Waals surface area contributed by atoms with Gasteiger partial charge in [0.05, 0.1) is 15.6 Å². The number of sulfonamides is 1. The van der Waals surface area contributed by atoms with Crippen LogP contribution in [0.15, 0.2) is 71.6 Å². The molecule has 1 unspecified atom stereocenters. The van der Waals surface area contributed by atoms with Crippen molar-refractivity contribution >= 4 is 62.3 Å². The Kier molecular flexibility index (Phi) is 11.4. The molecule has 43 heavy (non-hydrogen) atoms. The molecule has 1 atom stereocenters. The summed E-state index contributed by atoms with van der Waals surface area (Å²) in [6, 6.07) is 17.0. The van der Waals surface area contributed by atoms with Gasteiger partial charge < -0.3 is 10.2 Å². The van der Waals surface area contributed by atoms with Crippen LogP contribution in [0.2, 0.25) is 15.1 Å². The molecule has 0 saturated heterocycles. The van der Waals surface area contributed by atoms with Gasteiger partial charge in [-0.15, -0.1) is 0 Å². The van der Waals surface area contributed by atoms with Gasteiger partial charge in [0.15, 0.2) is 0 Å². The number of nitrogens with zero attached hydrogens (tertiary/aromatic N) is 2. The molecule has 1 saturated carbocycles. The maximum atomic E-state index is 14.3. The second kappa shape index (κ2) is 14.8. The summed E-state index contributed by atoms with van der Waals surface area (Å²) in [6.07, 6.45) is 5.34. The van der Waals surface area contributed by atoms with Gasteiger partial charge in [-0.2, -0.15) is 0 Å². The molecular weight excluding hydrogens is 629 g/mol. The van der Waals surface area contributed by atoms with Crippen molar-refractivity contribution in [2.75, 3.05) is 10.8 Å². The fourth-order valence-electron chi connectivity index (χ4n) is 5.28. The number of aryl methyl sites for hydroxylation is 1. The molecule has 0 bridgehead atoms. The van der Waals surface area contributed by atoms with E-state index < -0.39 is 28.5 Å². The summed E-state index contributed by atoms with van der Waals surface area (Å²) < 4.78 is 29.1. The minimum absolute atomic E-state index is 0.00623. The number of hydrogen-bond acceptors (Lipinski definition) is 4. The maximum absolute atomic E-state index is 14.3. The molecular formula is C32H36Cl3N3O4S. The third-order valence-corrected chi connectivity index (χ3v) is 10.2. The van der Waals surface area contributed by atoms with Gasteiger partial charge in [0, 0.05) is 22.6 Å². The molecule has 3 aromatic rings. The SMILES string of the molecule is CCC(C(=O)NC1CCCCC1)N(Cc1ccc(Cl)cc1)C(=O)CN(c1cc(Cl)ccc1Cl)S(=O)(=O)c1ccc(C)cc1. The molecule has 3 aromatic carbocycles. The standard InChI is InChI=1S/C32H36Cl3N3O4S/c1-3-29(32(40)36-26-7-5-4-6-8-26)37(20-23-11-13-24(33)14-12-23)31(39)21-38(30-19-25(34)15-18-28(30)35)43(41,42)27-16-9-22(2)10-17-27/h9-19,26,29H,3-8,20-21H2,1-2H3,(H,36,40). The van der Waals surface area contributed by atoms with Crippen molar-refractivity contribution in [2.45, 2.75) is 75.9 Å². The zero-order valence-electron chi connectivity index (χ0n) is 24.2. The highest BCUT2D eigenvalue weighted by Gasteiger charge is 2.35. The van der Waals surface area contributed by atoms with E-state index in [0.29, 0.717) is 11.4 Å². The average Bonchev–Trinajstić information content (AvgIpc) is 2.98. The number of hydrogen-bond donors (Lipinski definition) is 1. The zero-order valence-corrected chi connectivity index (χ0v) is 27.3. The Bertz CT molecular complexity index is 1530. The van der Waals surface area contributed by atoms with Crippen LogP contribution in [0.3, 0.4) is 0 Å². The van der Waals surface area contributed by atoms with E-state index in [0.717, 1.165) is 47.5 Å². The molecule has 4 rings (SSSR count). The lowest BCUT2D eigenvalue weighted by atomic mass is 9.95. The van der Waals surface area contributed by atoms with E-state index in [1.165, 1.54) is 29.2 Å². The molecule has 0 radical (unpaired) electrons. The number of benzene rings is 3. The number of rotatable bonds is 11. The molecule has 1 aliphatic carbocycles. The second-order valence-corrected chi connectivity index (χ2v) is 14.0. The van der Waals surface area contributed by atoms with E-state index in [1.807, 2.05) is 13.8 Å². The quantitative estimate of drug-likeness (QED) is 0.231. The Morgan fingerprint density at radius 1 is 0.907 bits per heavy atom. The van der Waals surface area contributed by atoms with Gasteiger partial charge in [0.1, 0.15) is 12.6 Å². The molecule has 11 heteroatoms. The topological polar surface area (TPSA) is 86.8 Å². The normalized spacial score (nSPS) is 14.6. The fraction of sp³-hybridized carbons (Fsp3) is 0.375. The van der Waals surface area contributed by atoms with Gasteiger partial charge in [-0.05, 0) is 74.2 Å². The first kappa shape index (κ1) is 33.1. The third-order valence-electron chi connectivity index (χ3n) is 7.67. The van der Waals surface area contributed by atoms with E-state index >= 15 is 0 Å². The Morgan fingerprint density at radius 3 is 2.16 bits per heavy atom. The van der Waals surface area contributed by atoms with Crippen molar-refractivity contribution in [1.29, 1.82) is 0 Å². The molecule has 2 amide bonds. The van der Waals surface area contributed by atoms with Crippen molar-refractivity contribution < 1.29 is 18.0 Å². The van der Waals surface area contributed by atoms with Gasteiger partial charge in [-0.1, -0.05) is 90.8 Å². The third kappa shape index (κ3) is 8.44. The average molecular weight is 665 g/mol. The molecule has 0 spiro atoms. The summed E-state index contributed by atoms with van der Waals surface area (Å²) >= 11 is 18.9. The molecule has 230 valence electrons. The lowest BCUT2D eigenvalue weighted by Gasteiger charge is -2.34. The molecule has 0 aromatic heterocycles. The van der Waals surface area contributed by atoms with E-state index in [-0.39, 0.29) is 39.1 Å². The van der Waals surface area contributed by atoms with Crippen molar-refractivity contribution in [2.24, 2.45) is 0 Å². The number of amides is 2. The van der Waals surface area contributed by atoms with Crippen LogP contribution >= 0.6 is 34.8 Å². The predicted molar refractivity (Wildman–Crippen MR) is 173 cm³/mol. The van der Waals surface area contributed by atoms with Gasteiger partial charge in [0.25, 0.3) is 10.0 Å². The number of nitrogens with one attached hydrogen (secondary N) is 1. The van der Waals surface area contributed by atoms with E-state index in [1.54, 1.807) is 42.5 Å². The van der Waals surface area contributed by atoms with Gasteiger partial charge in [0.2, 0.25) is 11.8 Å². The monoisotopic (exact) mass is 663 g/mol. The van der Waals surface area contributed by atoms with Crippen LogP contribution in [0, 0.1) is 6.92 Å². The molecule has 1 N–H and O–H groups in total. The first-order valence-corrected chi connectivity index (χ1v) is 17.0. The van der Waals surface area contributed by atoms with Crippen LogP contribution in [0.5, 0.6) is 0 Å². The highest BCUT2D eigenvalue weighted by Crippen LogP contribution is 2.33. The minimum Gasteiger partial charge on any atom is -0.352 e. The van der Waals surface area contributed by atoms with Crippen molar-refractivity contribution in [3.05, 3.63) is 92.9 Å². The summed E-state index contributed by atoms with van der Waals surface area (Å²) in [5, 5.41) is 4.04. The first-order chi connectivity index (χ1) is 20.5. The Balaban J connectivity index is 1.73. The Morgan fingerprint density at radius 2 is 1.53 bits per heavy atom. The summed E-state index contributed by atoms with van der Waals surface area (Å²) in [5.41, 5.74) is 1.69. The number of carbonyl (C=O) groups is 2. The van der Waals surface area contributed by atoms with Gasteiger partial charge >= 0.3 is 0 Å². The van der Waals surface area contributed by atoms with Crippen molar-refractivity contribution in [3.63, 3.8) is 0 Å². The van der Waals surface area contributed by atoms with Crippen LogP contribution in [-0.4, -0.2) is 43.8 Å². The summed E-state index contributed by atoms with van der Waals surface area (Å²) in [4.78, 5) is 29.3. The largest absolute Gasteiger partial charge is 0.352 e. The van der Waals surface area contributed by atoms with Crippen LogP contribution in [0.4, 0.5) is 5.69 Å². The molecule has 1 fully saturated rings. The number of halogens is 3. The summed E-state index contributed by atoms with van der Waals surface area (Å²) in [6.45, 7) is 3.16. The number of carbonyl (C=O) groups excluding carboxylic acids is 2. The summed E-state index contributed by atoms with van der Waals surface area (Å²) in [5.74, 6) is -0.822. The lowest BCUT2D eigenvalue weighted by molar-refractivity contribution is -0.140. The highest BCUT2D eigenvalue weighted by molar-refractivity contribution is 7.92. The van der Waals surface area contributed by atoms with Gasteiger partial charge in [-0.3, -0.25) is 13.9 Å². The van der Waals surface area contributed by atoms with Crippen molar-refractivity contribution in [1.82, 2.24) is 10.2 Å². The van der Waals surface area contributed by atoms with Crippen molar-refractivity contribution in [3.8, 4) is 0 Å². The molecule has 0 heterocycles. The molecule has 7 nitrogen and oxygen atoms in total. The summed E-state index contributed by atoms with van der Waals surface area (Å²) in [7, 11) is -4.27. The predicted octanol–water partition coefficient (Wildman–Crippen LogP) is 7.41. The van der Waals surface area contributed by atoms with E-state index in [9.17, 15) is 18.0 Å². The molecule has 1 aliphatic rings. The van der Waals surface area contributed by atoms with Crippen LogP contribution in [-0.2, 0) is 26.2 Å². The van der Waals surface area contributed by atoms with E-state index in [4.69, 9.17) is 34.8 Å². The Hall–Kier alpha value is -2.78.